The van der Waals surface area contributed by atoms with E-state index >= 15 is 0 Å². The number of hydrogen-bond donors (Lipinski definition) is 2. The summed E-state index contributed by atoms with van der Waals surface area (Å²) < 4.78 is 10.5. The summed E-state index contributed by atoms with van der Waals surface area (Å²) in [6.07, 6.45) is 0. The van der Waals surface area contributed by atoms with E-state index in [1.54, 1.807) is 32.0 Å². The molecule has 25 heavy (non-hydrogen) atoms. The zero-order chi connectivity index (χ0) is 18.6. The fraction of sp³-hybridized carbons (Fsp3) is 0.267. The van der Waals surface area contributed by atoms with Gasteiger partial charge in [0.2, 0.25) is 0 Å². The highest BCUT2D eigenvalue weighted by atomic mass is 35.5. The second kappa shape index (κ2) is 8.09. The number of nitrogens with one attached hydrogen (secondary N) is 1. The SMILES string of the molecule is CC(C)N(NC(=O)c1cc(COc2cc(Cl)cc(Cl)c2)on1)C(N)=O. The third kappa shape index (κ3) is 5.27. The molecule has 1 heterocycles. The number of benzene rings is 1. The van der Waals surface area contributed by atoms with E-state index in [9.17, 15) is 9.59 Å². The van der Waals surface area contributed by atoms with Gasteiger partial charge in [0.05, 0.1) is 0 Å². The standard InChI is InChI=1S/C15H16Cl2N4O4/c1-8(2)21(15(18)23)19-14(22)13-6-12(25-20-13)7-24-11-4-9(16)3-10(17)5-11/h3-6,8H,7H2,1-2H3,(H2,18,23)(H,19,22). The maximum Gasteiger partial charge on any atom is 0.333 e. The van der Waals surface area contributed by atoms with Gasteiger partial charge in [-0.3, -0.25) is 10.2 Å². The molecule has 0 aliphatic heterocycles. The van der Waals surface area contributed by atoms with E-state index < -0.39 is 11.9 Å². The molecular formula is C15H16Cl2N4O4. The van der Waals surface area contributed by atoms with E-state index in [-0.39, 0.29) is 18.3 Å². The number of halogens is 2. The van der Waals surface area contributed by atoms with Gasteiger partial charge in [-0.25, -0.2) is 9.80 Å². The quantitative estimate of drug-likeness (QED) is 0.767. The van der Waals surface area contributed by atoms with Crippen LogP contribution in [-0.2, 0) is 6.61 Å². The summed E-state index contributed by atoms with van der Waals surface area (Å²) in [7, 11) is 0. The maximum atomic E-state index is 12.1. The van der Waals surface area contributed by atoms with Crippen LogP contribution in [0.25, 0.3) is 0 Å². The fourth-order valence-electron chi connectivity index (χ4n) is 1.86. The van der Waals surface area contributed by atoms with Crippen molar-refractivity contribution in [3.05, 3.63) is 45.8 Å². The predicted octanol–water partition coefficient (Wildman–Crippen LogP) is 2.99. The van der Waals surface area contributed by atoms with E-state index in [1.165, 1.54) is 6.07 Å². The first-order chi connectivity index (χ1) is 11.8. The van der Waals surface area contributed by atoms with Gasteiger partial charge in [0.15, 0.2) is 11.5 Å². The predicted molar refractivity (Wildman–Crippen MR) is 91.3 cm³/mol. The van der Waals surface area contributed by atoms with E-state index in [0.29, 0.717) is 21.6 Å². The molecule has 0 atom stereocenters. The lowest BCUT2D eigenvalue weighted by atomic mass is 10.3. The number of aromatic nitrogens is 1. The van der Waals surface area contributed by atoms with Crippen LogP contribution in [-0.4, -0.2) is 28.1 Å². The van der Waals surface area contributed by atoms with Crippen molar-refractivity contribution in [3.8, 4) is 5.75 Å². The second-order valence-corrected chi connectivity index (χ2v) is 6.19. The minimum absolute atomic E-state index is 0.0145. The van der Waals surface area contributed by atoms with Crippen molar-refractivity contribution < 1.29 is 18.8 Å². The van der Waals surface area contributed by atoms with Crippen molar-refractivity contribution in [1.82, 2.24) is 15.6 Å². The molecule has 0 aliphatic rings. The fourth-order valence-corrected chi connectivity index (χ4v) is 2.37. The first kappa shape index (κ1) is 18.9. The van der Waals surface area contributed by atoms with Crippen molar-refractivity contribution in [2.24, 2.45) is 5.73 Å². The highest BCUT2D eigenvalue weighted by Gasteiger charge is 2.20. The molecule has 0 bridgehead atoms. The number of hydrazine groups is 1. The van der Waals surface area contributed by atoms with Gasteiger partial charge in [-0.1, -0.05) is 28.4 Å². The number of nitrogens with zero attached hydrogens (tertiary/aromatic N) is 2. The lowest BCUT2D eigenvalue weighted by Gasteiger charge is -2.24. The van der Waals surface area contributed by atoms with Gasteiger partial charge in [0.1, 0.15) is 12.4 Å². The van der Waals surface area contributed by atoms with Crippen LogP contribution in [0, 0.1) is 0 Å². The average Bonchev–Trinajstić information content (AvgIpc) is 2.98. The van der Waals surface area contributed by atoms with Crippen molar-refractivity contribution in [1.29, 1.82) is 0 Å². The number of primary amides is 1. The normalized spacial score (nSPS) is 10.6. The summed E-state index contributed by atoms with van der Waals surface area (Å²) in [5.41, 5.74) is 7.53. The molecule has 0 saturated heterocycles. The minimum Gasteiger partial charge on any atom is -0.485 e. The van der Waals surface area contributed by atoms with Crippen LogP contribution in [0.15, 0.2) is 28.8 Å². The Balaban J connectivity index is 1.99. The zero-order valence-electron chi connectivity index (χ0n) is 13.5. The van der Waals surface area contributed by atoms with Gasteiger partial charge in [-0.15, -0.1) is 0 Å². The summed E-state index contributed by atoms with van der Waals surface area (Å²) in [5.74, 6) is 0.115. The summed E-state index contributed by atoms with van der Waals surface area (Å²) >= 11 is 11.8. The molecule has 134 valence electrons. The van der Waals surface area contributed by atoms with Gasteiger partial charge in [0, 0.05) is 22.2 Å². The van der Waals surface area contributed by atoms with Crippen LogP contribution >= 0.6 is 23.2 Å². The average molecular weight is 387 g/mol. The largest absolute Gasteiger partial charge is 0.485 e. The van der Waals surface area contributed by atoms with Crippen molar-refractivity contribution in [2.45, 2.75) is 26.5 Å². The minimum atomic E-state index is -0.784. The van der Waals surface area contributed by atoms with Crippen LogP contribution in [0.3, 0.4) is 0 Å². The van der Waals surface area contributed by atoms with Crippen LogP contribution < -0.4 is 15.9 Å². The zero-order valence-corrected chi connectivity index (χ0v) is 15.0. The first-order valence-corrected chi connectivity index (χ1v) is 7.96. The summed E-state index contributed by atoms with van der Waals surface area (Å²) in [5, 5.41) is 5.49. The summed E-state index contributed by atoms with van der Waals surface area (Å²) in [6, 6.07) is 5.04. The van der Waals surface area contributed by atoms with Crippen LogP contribution in [0.5, 0.6) is 5.75 Å². The lowest BCUT2D eigenvalue weighted by molar-refractivity contribution is 0.0786. The van der Waals surface area contributed by atoms with E-state index in [2.05, 4.69) is 10.6 Å². The number of rotatable bonds is 5. The Morgan fingerprint density at radius 3 is 2.48 bits per heavy atom. The molecule has 3 N–H and O–H groups in total. The molecule has 1 aromatic heterocycles. The van der Waals surface area contributed by atoms with Gasteiger partial charge in [-0.2, -0.15) is 0 Å². The molecule has 0 saturated carbocycles. The van der Waals surface area contributed by atoms with Gasteiger partial charge < -0.3 is 15.0 Å². The number of amides is 3. The van der Waals surface area contributed by atoms with E-state index in [1.807, 2.05) is 0 Å². The van der Waals surface area contributed by atoms with Gasteiger partial charge >= 0.3 is 6.03 Å². The highest BCUT2D eigenvalue weighted by molar-refractivity contribution is 6.34. The van der Waals surface area contributed by atoms with Crippen molar-refractivity contribution in [3.63, 3.8) is 0 Å². The molecule has 0 aliphatic carbocycles. The van der Waals surface area contributed by atoms with Crippen LogP contribution in [0.1, 0.15) is 30.1 Å². The molecule has 2 rings (SSSR count). The Morgan fingerprint density at radius 2 is 1.92 bits per heavy atom. The molecule has 10 heteroatoms. The second-order valence-electron chi connectivity index (χ2n) is 5.32. The first-order valence-electron chi connectivity index (χ1n) is 7.20. The molecule has 0 radical (unpaired) electrons. The van der Waals surface area contributed by atoms with E-state index in [4.69, 9.17) is 38.2 Å². The third-order valence-electron chi connectivity index (χ3n) is 2.98. The maximum absolute atomic E-state index is 12.1. The Labute approximate surface area is 153 Å². The molecule has 2 aromatic rings. The highest BCUT2D eigenvalue weighted by Crippen LogP contribution is 2.24. The molecule has 8 nitrogen and oxygen atoms in total. The molecule has 1 aromatic carbocycles. The number of hydrogen-bond acceptors (Lipinski definition) is 5. The number of urea groups is 1. The monoisotopic (exact) mass is 386 g/mol. The van der Waals surface area contributed by atoms with Crippen LogP contribution in [0.2, 0.25) is 10.0 Å². The van der Waals surface area contributed by atoms with Gasteiger partial charge in [-0.05, 0) is 32.0 Å². The van der Waals surface area contributed by atoms with Gasteiger partial charge in [0.25, 0.3) is 5.91 Å². The lowest BCUT2D eigenvalue weighted by Crippen LogP contribution is -2.52. The molecular weight excluding hydrogens is 371 g/mol. The number of nitrogens with two attached hydrogens (primary N) is 1. The Bertz CT molecular complexity index is 758. The molecule has 0 spiro atoms. The number of carbonyl (C=O) groups is 2. The van der Waals surface area contributed by atoms with Crippen molar-refractivity contribution in [2.75, 3.05) is 0 Å². The molecule has 0 unspecified atom stereocenters. The number of ether oxygens (including phenoxy) is 1. The van der Waals surface area contributed by atoms with Crippen molar-refractivity contribution >= 4 is 35.1 Å². The topological polar surface area (TPSA) is 111 Å². The Morgan fingerprint density at radius 1 is 1.28 bits per heavy atom. The summed E-state index contributed by atoms with van der Waals surface area (Å²) in [6.45, 7) is 3.41. The molecule has 3 amide bonds. The third-order valence-corrected chi connectivity index (χ3v) is 3.42. The summed E-state index contributed by atoms with van der Waals surface area (Å²) in [4.78, 5) is 23.4. The Hall–Kier alpha value is -2.45. The smallest absolute Gasteiger partial charge is 0.333 e. The van der Waals surface area contributed by atoms with Crippen LogP contribution in [0.4, 0.5) is 4.79 Å². The number of carbonyl (C=O) groups excluding carboxylic acids is 2. The Kier molecular flexibility index (Phi) is 6.11. The van der Waals surface area contributed by atoms with E-state index in [0.717, 1.165) is 5.01 Å². The molecule has 0 fully saturated rings.